The van der Waals surface area contributed by atoms with E-state index in [9.17, 15) is 9.59 Å². The van der Waals surface area contributed by atoms with Crippen LogP contribution in [0.4, 0.5) is 4.79 Å². The topological polar surface area (TPSA) is 76.1 Å². The summed E-state index contributed by atoms with van der Waals surface area (Å²) in [5, 5.41) is 9.11. The standard InChI is InChI=1S/C12H21NO5/c1-5-17-8-6-9(10(14)15)13(7-8)11(16)18-12(2,3)4/h8-9H,5-7H2,1-4H3,(H,14,15)/t8?,9-/m1/s1. The van der Waals surface area contributed by atoms with Crippen molar-refractivity contribution < 1.29 is 24.2 Å². The summed E-state index contributed by atoms with van der Waals surface area (Å²) in [6, 6.07) is -0.864. The van der Waals surface area contributed by atoms with Crippen molar-refractivity contribution >= 4 is 12.1 Å². The van der Waals surface area contributed by atoms with Crippen LogP contribution < -0.4 is 0 Å². The molecule has 1 heterocycles. The van der Waals surface area contributed by atoms with E-state index in [0.717, 1.165) is 0 Å². The minimum Gasteiger partial charge on any atom is -0.480 e. The maximum absolute atomic E-state index is 11.9. The molecule has 0 aromatic rings. The number of amides is 1. The fourth-order valence-electron chi connectivity index (χ4n) is 1.91. The van der Waals surface area contributed by atoms with E-state index in [2.05, 4.69) is 0 Å². The summed E-state index contributed by atoms with van der Waals surface area (Å²) >= 11 is 0. The largest absolute Gasteiger partial charge is 0.480 e. The van der Waals surface area contributed by atoms with Gasteiger partial charge in [-0.2, -0.15) is 0 Å². The molecule has 0 aromatic carbocycles. The minimum atomic E-state index is -1.02. The molecule has 1 saturated heterocycles. The molecule has 0 bridgehead atoms. The molecule has 1 rings (SSSR count). The number of carbonyl (C=O) groups excluding carboxylic acids is 1. The molecule has 0 aliphatic carbocycles. The van der Waals surface area contributed by atoms with Crippen molar-refractivity contribution in [1.29, 1.82) is 0 Å². The SMILES string of the molecule is CCOC1C[C@H](C(=O)O)N(C(=O)OC(C)(C)C)C1. The monoisotopic (exact) mass is 259 g/mol. The van der Waals surface area contributed by atoms with E-state index in [1.54, 1.807) is 20.8 Å². The lowest BCUT2D eigenvalue weighted by Gasteiger charge is -2.26. The first kappa shape index (κ1) is 14.8. The van der Waals surface area contributed by atoms with Gasteiger partial charge in [0.2, 0.25) is 0 Å². The van der Waals surface area contributed by atoms with Gasteiger partial charge in [-0.25, -0.2) is 9.59 Å². The van der Waals surface area contributed by atoms with Crippen LogP contribution in [0.15, 0.2) is 0 Å². The van der Waals surface area contributed by atoms with Crippen LogP contribution in [0.3, 0.4) is 0 Å². The van der Waals surface area contributed by atoms with E-state index in [4.69, 9.17) is 14.6 Å². The molecule has 1 fully saturated rings. The lowest BCUT2D eigenvalue weighted by molar-refractivity contribution is -0.142. The third-order valence-electron chi connectivity index (χ3n) is 2.58. The summed E-state index contributed by atoms with van der Waals surface area (Å²) in [6.45, 7) is 7.84. The summed E-state index contributed by atoms with van der Waals surface area (Å²) < 4.78 is 10.6. The van der Waals surface area contributed by atoms with Crippen molar-refractivity contribution in [1.82, 2.24) is 4.90 Å². The van der Waals surface area contributed by atoms with Crippen LogP contribution in [0, 0.1) is 0 Å². The molecule has 6 heteroatoms. The third-order valence-corrected chi connectivity index (χ3v) is 2.58. The molecule has 1 N–H and O–H groups in total. The van der Waals surface area contributed by atoms with E-state index in [0.29, 0.717) is 13.0 Å². The van der Waals surface area contributed by atoms with Crippen molar-refractivity contribution in [3.8, 4) is 0 Å². The fourth-order valence-corrected chi connectivity index (χ4v) is 1.91. The predicted molar refractivity (Wildman–Crippen MR) is 64.4 cm³/mol. The maximum Gasteiger partial charge on any atom is 0.411 e. The summed E-state index contributed by atoms with van der Waals surface area (Å²) in [5.41, 5.74) is -0.635. The van der Waals surface area contributed by atoms with E-state index >= 15 is 0 Å². The van der Waals surface area contributed by atoms with Crippen LogP contribution in [0.2, 0.25) is 0 Å². The summed E-state index contributed by atoms with van der Waals surface area (Å²) in [5.74, 6) is -1.02. The van der Waals surface area contributed by atoms with Crippen LogP contribution in [-0.4, -0.2) is 53.0 Å². The van der Waals surface area contributed by atoms with E-state index < -0.39 is 23.7 Å². The third kappa shape index (κ3) is 3.87. The average Bonchev–Trinajstić information content (AvgIpc) is 2.59. The summed E-state index contributed by atoms with van der Waals surface area (Å²) in [4.78, 5) is 24.3. The first-order valence-corrected chi connectivity index (χ1v) is 6.08. The van der Waals surface area contributed by atoms with Crippen LogP contribution in [0.25, 0.3) is 0 Å². The van der Waals surface area contributed by atoms with Crippen LogP contribution >= 0.6 is 0 Å². The van der Waals surface area contributed by atoms with Gasteiger partial charge in [0.1, 0.15) is 11.6 Å². The molecule has 6 nitrogen and oxygen atoms in total. The Morgan fingerprint density at radius 3 is 2.44 bits per heavy atom. The van der Waals surface area contributed by atoms with Gasteiger partial charge in [0.05, 0.1) is 12.6 Å². The number of nitrogens with zero attached hydrogens (tertiary/aromatic N) is 1. The highest BCUT2D eigenvalue weighted by molar-refractivity contribution is 5.81. The minimum absolute atomic E-state index is 0.233. The first-order chi connectivity index (χ1) is 8.24. The Morgan fingerprint density at radius 2 is 2.00 bits per heavy atom. The summed E-state index contributed by atoms with van der Waals surface area (Å²) in [7, 11) is 0. The zero-order valence-corrected chi connectivity index (χ0v) is 11.3. The number of likely N-dealkylation sites (tertiary alicyclic amines) is 1. The predicted octanol–water partition coefficient (Wildman–Crippen LogP) is 1.49. The molecule has 0 aromatic heterocycles. The lowest BCUT2D eigenvalue weighted by atomic mass is 10.2. The number of aliphatic carboxylic acids is 1. The number of ether oxygens (including phenoxy) is 2. The molecule has 1 unspecified atom stereocenters. The van der Waals surface area contributed by atoms with Gasteiger partial charge in [-0.1, -0.05) is 0 Å². The Morgan fingerprint density at radius 1 is 1.39 bits per heavy atom. The second-order valence-electron chi connectivity index (χ2n) is 5.30. The highest BCUT2D eigenvalue weighted by Crippen LogP contribution is 2.23. The van der Waals surface area contributed by atoms with Crippen LogP contribution in [-0.2, 0) is 14.3 Å². The molecular formula is C12H21NO5. The molecule has 2 atom stereocenters. The Balaban J connectivity index is 2.72. The van der Waals surface area contributed by atoms with E-state index in [1.807, 2.05) is 6.92 Å². The van der Waals surface area contributed by atoms with Crippen molar-refractivity contribution in [2.24, 2.45) is 0 Å². The van der Waals surface area contributed by atoms with E-state index in [1.165, 1.54) is 4.90 Å². The highest BCUT2D eigenvalue weighted by atomic mass is 16.6. The number of carboxylic acids is 1. The van der Waals surface area contributed by atoms with Gasteiger partial charge in [0.25, 0.3) is 0 Å². The molecule has 0 saturated carbocycles. The second kappa shape index (κ2) is 5.56. The Labute approximate surface area is 107 Å². The molecule has 104 valence electrons. The number of carbonyl (C=O) groups is 2. The van der Waals surface area contributed by atoms with Gasteiger partial charge >= 0.3 is 12.1 Å². The smallest absolute Gasteiger partial charge is 0.411 e. The van der Waals surface area contributed by atoms with Gasteiger partial charge < -0.3 is 14.6 Å². The fraction of sp³-hybridized carbons (Fsp3) is 0.833. The lowest BCUT2D eigenvalue weighted by Crippen LogP contribution is -2.43. The van der Waals surface area contributed by atoms with Gasteiger partial charge in [0, 0.05) is 13.0 Å². The number of carboxylic acid groups (broad SMARTS) is 1. The van der Waals surface area contributed by atoms with Gasteiger partial charge in [-0.15, -0.1) is 0 Å². The number of hydrogen-bond acceptors (Lipinski definition) is 4. The average molecular weight is 259 g/mol. The summed E-state index contributed by atoms with van der Waals surface area (Å²) in [6.07, 6.45) is -0.525. The second-order valence-corrected chi connectivity index (χ2v) is 5.30. The van der Waals surface area contributed by atoms with Crippen molar-refractivity contribution in [2.45, 2.75) is 51.9 Å². The molecule has 18 heavy (non-hydrogen) atoms. The maximum atomic E-state index is 11.9. The van der Waals surface area contributed by atoms with Gasteiger partial charge in [-0.05, 0) is 27.7 Å². The Bertz CT molecular complexity index is 323. The molecule has 1 aliphatic rings. The normalized spacial score (nSPS) is 24.1. The molecule has 1 amide bonds. The highest BCUT2D eigenvalue weighted by Gasteiger charge is 2.41. The molecule has 0 spiro atoms. The van der Waals surface area contributed by atoms with Crippen molar-refractivity contribution in [3.63, 3.8) is 0 Å². The Hall–Kier alpha value is -1.30. The van der Waals surface area contributed by atoms with E-state index in [-0.39, 0.29) is 12.6 Å². The molecular weight excluding hydrogens is 238 g/mol. The van der Waals surface area contributed by atoms with Crippen LogP contribution in [0.5, 0.6) is 0 Å². The molecule has 0 radical (unpaired) electrons. The quantitative estimate of drug-likeness (QED) is 0.831. The zero-order valence-electron chi connectivity index (χ0n) is 11.3. The number of rotatable bonds is 3. The Kier molecular flexibility index (Phi) is 4.56. The molecule has 1 aliphatic heterocycles. The van der Waals surface area contributed by atoms with Crippen LogP contribution in [0.1, 0.15) is 34.1 Å². The first-order valence-electron chi connectivity index (χ1n) is 6.08. The van der Waals surface area contributed by atoms with Crippen molar-refractivity contribution in [3.05, 3.63) is 0 Å². The van der Waals surface area contributed by atoms with Crippen molar-refractivity contribution in [2.75, 3.05) is 13.2 Å². The van der Waals surface area contributed by atoms with Gasteiger partial charge in [-0.3, -0.25) is 4.90 Å². The zero-order chi connectivity index (χ0) is 13.9. The van der Waals surface area contributed by atoms with Gasteiger partial charge in [0.15, 0.2) is 0 Å². The number of hydrogen-bond donors (Lipinski definition) is 1.